The molecule has 5 nitrogen and oxygen atoms in total. The summed E-state index contributed by atoms with van der Waals surface area (Å²) in [6.45, 7) is 6.04. The van der Waals surface area contributed by atoms with E-state index in [0.29, 0.717) is 23.3 Å². The summed E-state index contributed by atoms with van der Waals surface area (Å²) in [5, 5.41) is -0.203. The van der Waals surface area contributed by atoms with Crippen LogP contribution in [-0.2, 0) is 19.1 Å². The van der Waals surface area contributed by atoms with Crippen LogP contribution in [0.2, 0.25) is 0 Å². The van der Waals surface area contributed by atoms with E-state index in [1.165, 1.54) is 0 Å². The molecule has 0 aromatic heterocycles. The van der Waals surface area contributed by atoms with Crippen LogP contribution in [0.5, 0.6) is 0 Å². The van der Waals surface area contributed by atoms with Gasteiger partial charge in [-0.1, -0.05) is 69.3 Å². The first-order valence-corrected chi connectivity index (χ1v) is 10.4. The van der Waals surface area contributed by atoms with Gasteiger partial charge in [-0.3, -0.25) is 9.59 Å². The largest absolute Gasteiger partial charge is 0.460 e. The van der Waals surface area contributed by atoms with E-state index in [9.17, 15) is 14.4 Å². The van der Waals surface area contributed by atoms with E-state index in [4.69, 9.17) is 9.47 Å². The summed E-state index contributed by atoms with van der Waals surface area (Å²) in [6.07, 6.45) is 2.94. The minimum Gasteiger partial charge on any atom is -0.460 e. The Balaban J connectivity index is 1.72. The number of carbonyl (C=O) groups is 3. The molecule has 1 saturated carbocycles. The van der Waals surface area contributed by atoms with Gasteiger partial charge in [0.05, 0.1) is 5.75 Å². The van der Waals surface area contributed by atoms with Gasteiger partial charge < -0.3 is 9.47 Å². The molecule has 1 aromatic carbocycles. The number of hydrogen-bond donors (Lipinski definition) is 0. The first kappa shape index (κ1) is 21.5. The summed E-state index contributed by atoms with van der Waals surface area (Å²) < 4.78 is 10.6. The Bertz CT molecular complexity index is 643. The van der Waals surface area contributed by atoms with Crippen LogP contribution in [0.15, 0.2) is 30.3 Å². The molecule has 27 heavy (non-hydrogen) atoms. The lowest BCUT2D eigenvalue weighted by molar-refractivity contribution is -0.166. The normalized spacial score (nSPS) is 22.3. The fraction of sp³-hybridized carbons (Fsp3) is 0.571. The van der Waals surface area contributed by atoms with E-state index < -0.39 is 18.5 Å². The second-order valence-electron chi connectivity index (χ2n) is 7.46. The molecule has 3 atom stereocenters. The number of thioether (sulfide) groups is 1. The van der Waals surface area contributed by atoms with Crippen molar-refractivity contribution in [3.05, 3.63) is 35.9 Å². The number of carbonyl (C=O) groups excluding carboxylic acids is 3. The molecule has 6 heteroatoms. The number of esters is 2. The molecule has 0 spiro atoms. The van der Waals surface area contributed by atoms with Gasteiger partial charge in [-0.25, -0.2) is 4.79 Å². The van der Waals surface area contributed by atoms with Crippen LogP contribution in [0.1, 0.15) is 50.4 Å². The van der Waals surface area contributed by atoms with Crippen molar-refractivity contribution in [3.8, 4) is 0 Å². The Morgan fingerprint density at radius 3 is 2.48 bits per heavy atom. The molecular weight excluding hydrogens is 364 g/mol. The summed E-state index contributed by atoms with van der Waals surface area (Å²) in [6, 6.07) is 8.72. The summed E-state index contributed by atoms with van der Waals surface area (Å²) >= 11 is 0.864. The third kappa shape index (κ3) is 7.01. The third-order valence-corrected chi connectivity index (χ3v) is 5.80. The van der Waals surface area contributed by atoms with Crippen LogP contribution < -0.4 is 0 Å². The zero-order chi connectivity index (χ0) is 19.8. The average Bonchev–Trinajstić information content (AvgIpc) is 2.65. The van der Waals surface area contributed by atoms with Crippen LogP contribution >= 0.6 is 11.8 Å². The first-order chi connectivity index (χ1) is 12.9. The van der Waals surface area contributed by atoms with Gasteiger partial charge in [-0.15, -0.1) is 0 Å². The highest BCUT2D eigenvalue weighted by atomic mass is 32.2. The summed E-state index contributed by atoms with van der Waals surface area (Å²) in [7, 11) is 0. The van der Waals surface area contributed by atoms with E-state index in [1.807, 2.05) is 6.07 Å². The van der Waals surface area contributed by atoms with Crippen LogP contribution in [0, 0.1) is 17.8 Å². The maximum atomic E-state index is 12.1. The van der Waals surface area contributed by atoms with Gasteiger partial charge in [0.15, 0.2) is 6.61 Å². The minimum atomic E-state index is -0.598. The van der Waals surface area contributed by atoms with Gasteiger partial charge in [0.2, 0.25) is 5.12 Å². The van der Waals surface area contributed by atoms with Crippen molar-refractivity contribution in [3.63, 3.8) is 0 Å². The fourth-order valence-corrected chi connectivity index (χ4v) is 4.05. The fourth-order valence-electron chi connectivity index (χ4n) is 3.42. The van der Waals surface area contributed by atoms with Crippen LogP contribution in [0.3, 0.4) is 0 Å². The molecule has 0 amide bonds. The monoisotopic (exact) mass is 392 g/mol. The minimum absolute atomic E-state index is 0.117. The molecule has 0 bridgehead atoms. The molecule has 148 valence electrons. The van der Waals surface area contributed by atoms with Gasteiger partial charge in [-0.05, 0) is 30.6 Å². The highest BCUT2D eigenvalue weighted by Crippen LogP contribution is 2.35. The SMILES string of the molecule is CC1CCC(C(C)C)C(OC(=O)COC(=O)CSC(=O)c2ccccc2)C1. The van der Waals surface area contributed by atoms with Crippen molar-refractivity contribution in [2.24, 2.45) is 17.8 Å². The highest BCUT2D eigenvalue weighted by molar-refractivity contribution is 8.14. The lowest BCUT2D eigenvalue weighted by Gasteiger charge is -2.36. The summed E-state index contributed by atoms with van der Waals surface area (Å²) in [5.41, 5.74) is 0.529. The summed E-state index contributed by atoms with van der Waals surface area (Å²) in [5.74, 6) is 0.0702. The predicted octanol–water partition coefficient (Wildman–Crippen LogP) is 4.11. The van der Waals surface area contributed by atoms with Crippen molar-refractivity contribution in [2.45, 2.75) is 46.1 Å². The second-order valence-corrected chi connectivity index (χ2v) is 8.41. The third-order valence-electron chi connectivity index (χ3n) is 4.93. The van der Waals surface area contributed by atoms with Gasteiger partial charge in [-0.2, -0.15) is 0 Å². The average molecular weight is 393 g/mol. The van der Waals surface area contributed by atoms with Crippen molar-refractivity contribution in [2.75, 3.05) is 12.4 Å². The molecule has 1 aliphatic carbocycles. The highest BCUT2D eigenvalue weighted by Gasteiger charge is 2.33. The van der Waals surface area contributed by atoms with E-state index in [2.05, 4.69) is 20.8 Å². The van der Waals surface area contributed by atoms with Gasteiger partial charge in [0.25, 0.3) is 0 Å². The van der Waals surface area contributed by atoms with Crippen molar-refractivity contribution >= 4 is 28.8 Å². The molecule has 1 aromatic rings. The number of rotatable bonds is 7. The molecule has 0 heterocycles. The quantitative estimate of drug-likeness (QED) is 0.651. The topological polar surface area (TPSA) is 69.7 Å². The van der Waals surface area contributed by atoms with Crippen molar-refractivity contribution in [1.29, 1.82) is 0 Å². The predicted molar refractivity (Wildman–Crippen MR) is 105 cm³/mol. The maximum Gasteiger partial charge on any atom is 0.344 e. The van der Waals surface area contributed by atoms with E-state index >= 15 is 0 Å². The van der Waals surface area contributed by atoms with Crippen LogP contribution in [-0.4, -0.2) is 35.5 Å². The second kappa shape index (κ2) is 10.5. The Morgan fingerprint density at radius 1 is 1.11 bits per heavy atom. The number of benzene rings is 1. The summed E-state index contributed by atoms with van der Waals surface area (Å²) in [4.78, 5) is 35.8. The Kier molecular flexibility index (Phi) is 8.35. The molecule has 0 saturated heterocycles. The Morgan fingerprint density at radius 2 is 1.81 bits per heavy atom. The Hall–Kier alpha value is -1.82. The zero-order valence-electron chi connectivity index (χ0n) is 16.2. The maximum absolute atomic E-state index is 12.1. The lowest BCUT2D eigenvalue weighted by atomic mass is 9.75. The number of hydrogen-bond acceptors (Lipinski definition) is 6. The van der Waals surface area contributed by atoms with Crippen LogP contribution in [0.25, 0.3) is 0 Å². The van der Waals surface area contributed by atoms with Gasteiger partial charge in [0, 0.05) is 5.56 Å². The smallest absolute Gasteiger partial charge is 0.344 e. The Labute approximate surface area is 165 Å². The molecule has 3 unspecified atom stereocenters. The van der Waals surface area contributed by atoms with E-state index in [0.717, 1.165) is 31.0 Å². The van der Waals surface area contributed by atoms with Gasteiger partial charge >= 0.3 is 11.9 Å². The zero-order valence-corrected chi connectivity index (χ0v) is 17.0. The standard InChI is InChI=1S/C21H28O5S/c1-14(2)17-10-9-15(3)11-18(17)26-19(22)12-25-20(23)13-27-21(24)16-7-5-4-6-8-16/h4-8,14-15,17-18H,9-13H2,1-3H3. The molecular formula is C21H28O5S. The molecule has 0 aliphatic heterocycles. The van der Waals surface area contributed by atoms with Crippen molar-refractivity contribution < 1.29 is 23.9 Å². The molecule has 2 rings (SSSR count). The number of ether oxygens (including phenoxy) is 2. The van der Waals surface area contributed by atoms with E-state index in [-0.39, 0.29) is 17.0 Å². The molecule has 0 N–H and O–H groups in total. The first-order valence-electron chi connectivity index (χ1n) is 9.44. The molecule has 1 aliphatic rings. The lowest BCUT2D eigenvalue weighted by Crippen LogP contribution is -2.36. The van der Waals surface area contributed by atoms with Crippen molar-refractivity contribution in [1.82, 2.24) is 0 Å². The van der Waals surface area contributed by atoms with E-state index in [1.54, 1.807) is 24.3 Å². The van der Waals surface area contributed by atoms with Gasteiger partial charge in [0.1, 0.15) is 6.10 Å². The van der Waals surface area contributed by atoms with Crippen LogP contribution in [0.4, 0.5) is 0 Å². The molecule has 0 radical (unpaired) electrons. The molecule has 1 fully saturated rings.